The lowest BCUT2D eigenvalue weighted by Gasteiger charge is -2.04. The Morgan fingerprint density at radius 2 is 2.06 bits per heavy atom. The van der Waals surface area contributed by atoms with Crippen LogP contribution in [0.1, 0.15) is 23.0 Å². The highest BCUT2D eigenvalue weighted by molar-refractivity contribution is 9.10. The molecule has 0 unspecified atom stereocenters. The second-order valence-corrected chi connectivity index (χ2v) is 4.60. The van der Waals surface area contributed by atoms with Crippen molar-refractivity contribution in [3.8, 4) is 0 Å². The summed E-state index contributed by atoms with van der Waals surface area (Å²) in [4.78, 5) is 12.2. The first-order valence-corrected chi connectivity index (χ1v) is 6.30. The maximum atomic E-state index is 12.2. The van der Waals surface area contributed by atoms with Crippen LogP contribution in [0.4, 0.5) is 0 Å². The van der Waals surface area contributed by atoms with Gasteiger partial charge in [-0.15, -0.1) is 0 Å². The Labute approximate surface area is 109 Å². The Hall–Kier alpha value is -1.42. The summed E-state index contributed by atoms with van der Waals surface area (Å²) in [5.74, 6) is 0.0856. The van der Waals surface area contributed by atoms with Gasteiger partial charge in [0, 0.05) is 13.0 Å². The Kier molecular flexibility index (Phi) is 3.74. The monoisotopic (exact) mass is 292 g/mol. The molecule has 0 N–H and O–H groups in total. The van der Waals surface area contributed by atoms with Crippen molar-refractivity contribution in [3.05, 3.63) is 52.3 Å². The normalized spacial score (nSPS) is 10.5. The molecule has 0 aliphatic carbocycles. The van der Waals surface area contributed by atoms with Gasteiger partial charge in [0.1, 0.15) is 5.69 Å². The highest BCUT2D eigenvalue weighted by Crippen LogP contribution is 2.18. The van der Waals surface area contributed by atoms with Gasteiger partial charge in [-0.05, 0) is 28.4 Å². The molecule has 4 heteroatoms. The van der Waals surface area contributed by atoms with Gasteiger partial charge in [-0.25, -0.2) is 0 Å². The summed E-state index contributed by atoms with van der Waals surface area (Å²) < 4.78 is 2.48. The molecule has 0 saturated heterocycles. The third kappa shape index (κ3) is 2.64. The van der Waals surface area contributed by atoms with Gasteiger partial charge in [-0.1, -0.05) is 30.3 Å². The number of carbonyl (C=O) groups is 1. The number of nitrogens with zero attached hydrogens (tertiary/aromatic N) is 2. The molecule has 0 radical (unpaired) electrons. The predicted octanol–water partition coefficient (Wildman–Crippen LogP) is 3.09. The Morgan fingerprint density at radius 3 is 2.71 bits per heavy atom. The van der Waals surface area contributed by atoms with E-state index in [0.29, 0.717) is 18.7 Å². The zero-order chi connectivity index (χ0) is 12.3. The minimum absolute atomic E-state index is 0.0856. The van der Waals surface area contributed by atoms with Crippen LogP contribution in [0.5, 0.6) is 0 Å². The number of benzene rings is 1. The summed E-state index contributed by atoms with van der Waals surface area (Å²) in [7, 11) is 0. The molecule has 1 heterocycles. The Morgan fingerprint density at radius 1 is 1.35 bits per heavy atom. The smallest absolute Gasteiger partial charge is 0.186 e. The summed E-state index contributed by atoms with van der Waals surface area (Å²) in [5, 5.41) is 4.15. The first-order valence-electron chi connectivity index (χ1n) is 5.50. The fraction of sp³-hybridized carbons (Fsp3) is 0.231. The molecule has 88 valence electrons. The molecule has 17 heavy (non-hydrogen) atoms. The SMILES string of the molecule is CCn1ncc(Br)c1C(=O)Cc1ccccc1. The number of rotatable bonds is 4. The molecule has 0 aliphatic rings. The van der Waals surface area contributed by atoms with Crippen molar-refractivity contribution in [2.24, 2.45) is 0 Å². The van der Waals surface area contributed by atoms with Crippen molar-refractivity contribution >= 4 is 21.7 Å². The zero-order valence-corrected chi connectivity index (χ0v) is 11.1. The van der Waals surface area contributed by atoms with Crippen molar-refractivity contribution < 1.29 is 4.79 Å². The predicted molar refractivity (Wildman–Crippen MR) is 70.1 cm³/mol. The van der Waals surface area contributed by atoms with Crippen LogP contribution in [0.15, 0.2) is 41.0 Å². The lowest BCUT2D eigenvalue weighted by molar-refractivity contribution is 0.0982. The molecule has 0 spiro atoms. The van der Waals surface area contributed by atoms with Crippen LogP contribution in [0, 0.1) is 0 Å². The highest BCUT2D eigenvalue weighted by atomic mass is 79.9. The molecule has 2 rings (SSSR count). The van der Waals surface area contributed by atoms with Gasteiger partial charge >= 0.3 is 0 Å². The standard InChI is InChI=1S/C13H13BrN2O/c1-2-16-13(11(14)9-15-16)12(17)8-10-6-4-3-5-7-10/h3-7,9H,2,8H2,1H3. The number of hydrogen-bond acceptors (Lipinski definition) is 2. The number of Topliss-reactive ketones (excluding diaryl/α,β-unsaturated/α-hetero) is 1. The zero-order valence-electron chi connectivity index (χ0n) is 9.56. The molecule has 1 aromatic carbocycles. The fourth-order valence-corrected chi connectivity index (χ4v) is 2.26. The highest BCUT2D eigenvalue weighted by Gasteiger charge is 2.16. The number of ketones is 1. The number of carbonyl (C=O) groups excluding carboxylic acids is 1. The molecule has 2 aromatic rings. The minimum atomic E-state index is 0.0856. The van der Waals surface area contributed by atoms with Crippen LogP contribution >= 0.6 is 15.9 Å². The van der Waals surface area contributed by atoms with E-state index in [-0.39, 0.29) is 5.78 Å². The summed E-state index contributed by atoms with van der Waals surface area (Å²) in [6.07, 6.45) is 2.08. The van der Waals surface area contributed by atoms with E-state index in [1.54, 1.807) is 10.9 Å². The van der Waals surface area contributed by atoms with Crippen LogP contribution in [0.2, 0.25) is 0 Å². The van der Waals surface area contributed by atoms with Crippen molar-refractivity contribution in [1.29, 1.82) is 0 Å². The van der Waals surface area contributed by atoms with E-state index in [4.69, 9.17) is 0 Å². The second kappa shape index (κ2) is 5.27. The maximum Gasteiger partial charge on any atom is 0.186 e. The van der Waals surface area contributed by atoms with Crippen molar-refractivity contribution in [2.75, 3.05) is 0 Å². The van der Waals surface area contributed by atoms with E-state index in [9.17, 15) is 4.79 Å². The van der Waals surface area contributed by atoms with E-state index in [1.807, 2.05) is 37.3 Å². The molecule has 0 saturated carbocycles. The molecular weight excluding hydrogens is 280 g/mol. The third-order valence-electron chi connectivity index (χ3n) is 2.57. The minimum Gasteiger partial charge on any atom is -0.292 e. The number of aromatic nitrogens is 2. The summed E-state index contributed by atoms with van der Waals surface area (Å²) in [5.41, 5.74) is 1.67. The van der Waals surface area contributed by atoms with Crippen LogP contribution < -0.4 is 0 Å². The van der Waals surface area contributed by atoms with Gasteiger partial charge in [-0.3, -0.25) is 9.48 Å². The molecule has 0 atom stereocenters. The van der Waals surface area contributed by atoms with Crippen LogP contribution in [-0.4, -0.2) is 15.6 Å². The molecule has 3 nitrogen and oxygen atoms in total. The first kappa shape index (κ1) is 12.0. The van der Waals surface area contributed by atoms with Gasteiger partial charge in [0.15, 0.2) is 5.78 Å². The van der Waals surface area contributed by atoms with Crippen LogP contribution in [-0.2, 0) is 13.0 Å². The van der Waals surface area contributed by atoms with E-state index >= 15 is 0 Å². The van der Waals surface area contributed by atoms with Crippen LogP contribution in [0.25, 0.3) is 0 Å². The van der Waals surface area contributed by atoms with E-state index < -0.39 is 0 Å². The quantitative estimate of drug-likeness (QED) is 0.812. The van der Waals surface area contributed by atoms with Gasteiger partial charge in [0.2, 0.25) is 0 Å². The Balaban J connectivity index is 2.23. The molecule has 0 bridgehead atoms. The van der Waals surface area contributed by atoms with Crippen molar-refractivity contribution in [1.82, 2.24) is 9.78 Å². The molecule has 1 aromatic heterocycles. The number of halogens is 1. The van der Waals surface area contributed by atoms with E-state index in [0.717, 1.165) is 10.0 Å². The van der Waals surface area contributed by atoms with Gasteiger partial charge in [0.25, 0.3) is 0 Å². The van der Waals surface area contributed by atoms with E-state index in [2.05, 4.69) is 21.0 Å². The lowest BCUT2D eigenvalue weighted by Crippen LogP contribution is -2.12. The topological polar surface area (TPSA) is 34.9 Å². The van der Waals surface area contributed by atoms with E-state index in [1.165, 1.54) is 0 Å². The van der Waals surface area contributed by atoms with Gasteiger partial charge in [0.05, 0.1) is 10.7 Å². The number of hydrogen-bond donors (Lipinski definition) is 0. The van der Waals surface area contributed by atoms with Crippen molar-refractivity contribution in [2.45, 2.75) is 19.9 Å². The Bertz CT molecular complexity index is 519. The molecule has 0 aliphatic heterocycles. The van der Waals surface area contributed by atoms with Crippen molar-refractivity contribution in [3.63, 3.8) is 0 Å². The third-order valence-corrected chi connectivity index (χ3v) is 3.15. The summed E-state index contributed by atoms with van der Waals surface area (Å²) >= 11 is 3.37. The van der Waals surface area contributed by atoms with Crippen LogP contribution in [0.3, 0.4) is 0 Å². The summed E-state index contributed by atoms with van der Waals surface area (Å²) in [6, 6.07) is 9.74. The van der Waals surface area contributed by atoms with Gasteiger partial charge < -0.3 is 0 Å². The molecule has 0 amide bonds. The summed E-state index contributed by atoms with van der Waals surface area (Å²) in [6.45, 7) is 2.67. The fourth-order valence-electron chi connectivity index (χ4n) is 1.74. The van der Waals surface area contributed by atoms with Gasteiger partial charge in [-0.2, -0.15) is 5.10 Å². The average Bonchev–Trinajstić information content (AvgIpc) is 2.71. The largest absolute Gasteiger partial charge is 0.292 e. The first-order chi connectivity index (χ1) is 8.22. The molecular formula is C13H13BrN2O. The average molecular weight is 293 g/mol. The molecule has 0 fully saturated rings. The second-order valence-electron chi connectivity index (χ2n) is 3.74. The maximum absolute atomic E-state index is 12.2. The lowest BCUT2D eigenvalue weighted by atomic mass is 10.1. The number of aryl methyl sites for hydroxylation is 1.